The van der Waals surface area contributed by atoms with Gasteiger partial charge in [0.15, 0.2) is 0 Å². The minimum absolute atomic E-state index is 0.217. The Bertz CT molecular complexity index is 854. The Hall–Kier alpha value is -2.94. The molecule has 2 unspecified atom stereocenters. The number of ether oxygens (including phenoxy) is 1. The average molecular weight is 458 g/mol. The molecule has 8 heteroatoms. The van der Waals surface area contributed by atoms with Crippen molar-refractivity contribution in [2.45, 2.75) is 51.4 Å². The number of aliphatic hydroxyl groups is 2. The standard InChI is InChI=1S/C25H35N3O5/c1-17(2)12-22(26)24(31)28-23(25(32)27-20(14-29)15-30)13-18-8-10-21(11-9-18)33-16-19-6-4-3-5-7-19/h3-11,17,20,22-23,29-30H,12-16,26H2,1-2H3,(H,27,32)(H,28,31). The zero-order valence-electron chi connectivity index (χ0n) is 19.2. The molecule has 2 aromatic rings. The van der Waals surface area contributed by atoms with Crippen LogP contribution in [0.1, 0.15) is 31.4 Å². The van der Waals surface area contributed by atoms with Crippen LogP contribution in [0.15, 0.2) is 54.6 Å². The SMILES string of the molecule is CC(C)CC(N)C(=O)NC(Cc1ccc(OCc2ccccc2)cc1)C(=O)NC(CO)CO. The van der Waals surface area contributed by atoms with E-state index in [9.17, 15) is 19.8 Å². The number of hydrogen-bond acceptors (Lipinski definition) is 6. The molecule has 6 N–H and O–H groups in total. The maximum atomic E-state index is 12.8. The van der Waals surface area contributed by atoms with Gasteiger partial charge in [0.05, 0.1) is 25.3 Å². The molecule has 0 aliphatic carbocycles. The van der Waals surface area contributed by atoms with Gasteiger partial charge in [0.1, 0.15) is 18.4 Å². The highest BCUT2D eigenvalue weighted by Crippen LogP contribution is 2.16. The van der Waals surface area contributed by atoms with Crippen molar-refractivity contribution in [1.82, 2.24) is 10.6 Å². The molecule has 0 aliphatic heterocycles. The molecule has 8 nitrogen and oxygen atoms in total. The summed E-state index contributed by atoms with van der Waals surface area (Å²) in [7, 11) is 0. The first-order valence-corrected chi connectivity index (χ1v) is 11.2. The minimum Gasteiger partial charge on any atom is -0.489 e. The van der Waals surface area contributed by atoms with Crippen molar-refractivity contribution in [2.75, 3.05) is 13.2 Å². The highest BCUT2D eigenvalue weighted by molar-refractivity contribution is 5.90. The lowest BCUT2D eigenvalue weighted by molar-refractivity contribution is -0.130. The van der Waals surface area contributed by atoms with Crippen molar-refractivity contribution in [1.29, 1.82) is 0 Å². The van der Waals surface area contributed by atoms with E-state index in [2.05, 4.69) is 10.6 Å². The lowest BCUT2D eigenvalue weighted by Crippen LogP contribution is -2.55. The Morgan fingerprint density at radius 2 is 1.55 bits per heavy atom. The van der Waals surface area contributed by atoms with Gasteiger partial charge < -0.3 is 31.3 Å². The lowest BCUT2D eigenvalue weighted by atomic mass is 10.0. The molecule has 0 saturated carbocycles. The highest BCUT2D eigenvalue weighted by Gasteiger charge is 2.26. The van der Waals surface area contributed by atoms with Crippen LogP contribution < -0.4 is 21.1 Å². The van der Waals surface area contributed by atoms with E-state index >= 15 is 0 Å². The second-order valence-corrected chi connectivity index (χ2v) is 8.49. The van der Waals surface area contributed by atoms with E-state index in [1.165, 1.54) is 0 Å². The van der Waals surface area contributed by atoms with Crippen LogP contribution in [0.4, 0.5) is 0 Å². The Labute approximate surface area is 195 Å². The summed E-state index contributed by atoms with van der Waals surface area (Å²) in [6.07, 6.45) is 0.706. The summed E-state index contributed by atoms with van der Waals surface area (Å²) in [4.78, 5) is 25.3. The summed E-state index contributed by atoms with van der Waals surface area (Å²) in [5.41, 5.74) is 7.84. The molecule has 0 saturated heterocycles. The molecular formula is C25H35N3O5. The monoisotopic (exact) mass is 457 g/mol. The van der Waals surface area contributed by atoms with Crippen LogP contribution in [0, 0.1) is 5.92 Å². The fourth-order valence-electron chi connectivity index (χ4n) is 3.25. The van der Waals surface area contributed by atoms with E-state index in [1.807, 2.05) is 68.4 Å². The lowest BCUT2D eigenvalue weighted by Gasteiger charge is -2.23. The smallest absolute Gasteiger partial charge is 0.243 e. The summed E-state index contributed by atoms with van der Waals surface area (Å²) in [5, 5.41) is 23.8. The molecule has 0 bridgehead atoms. The molecular weight excluding hydrogens is 422 g/mol. The summed E-state index contributed by atoms with van der Waals surface area (Å²) < 4.78 is 5.79. The van der Waals surface area contributed by atoms with Crippen molar-refractivity contribution in [3.63, 3.8) is 0 Å². The molecule has 0 fully saturated rings. The maximum absolute atomic E-state index is 12.8. The summed E-state index contributed by atoms with van der Waals surface area (Å²) in [5.74, 6) is -0.00403. The number of carbonyl (C=O) groups is 2. The first-order valence-electron chi connectivity index (χ1n) is 11.2. The quantitative estimate of drug-likeness (QED) is 0.306. The number of nitrogens with two attached hydrogens (primary N) is 1. The zero-order valence-corrected chi connectivity index (χ0v) is 19.2. The third-order valence-corrected chi connectivity index (χ3v) is 5.09. The van der Waals surface area contributed by atoms with Crippen molar-refractivity contribution in [2.24, 2.45) is 11.7 Å². The van der Waals surface area contributed by atoms with Crippen LogP contribution in [0.5, 0.6) is 5.75 Å². The van der Waals surface area contributed by atoms with Gasteiger partial charge in [-0.3, -0.25) is 9.59 Å². The Balaban J connectivity index is 2.05. The molecule has 0 radical (unpaired) electrons. The van der Waals surface area contributed by atoms with Gasteiger partial charge >= 0.3 is 0 Å². The highest BCUT2D eigenvalue weighted by atomic mass is 16.5. The van der Waals surface area contributed by atoms with Gasteiger partial charge in [0.2, 0.25) is 11.8 Å². The van der Waals surface area contributed by atoms with Gasteiger partial charge in [-0.25, -0.2) is 0 Å². The average Bonchev–Trinajstić information content (AvgIpc) is 2.81. The van der Waals surface area contributed by atoms with E-state index in [1.54, 1.807) is 0 Å². The fraction of sp³-hybridized carbons (Fsp3) is 0.440. The normalized spacial score (nSPS) is 12.9. The van der Waals surface area contributed by atoms with Gasteiger partial charge in [-0.2, -0.15) is 0 Å². The molecule has 180 valence electrons. The van der Waals surface area contributed by atoms with Crippen molar-refractivity contribution < 1.29 is 24.5 Å². The number of carbonyl (C=O) groups excluding carboxylic acids is 2. The van der Waals surface area contributed by atoms with Gasteiger partial charge in [0.25, 0.3) is 0 Å². The number of hydrogen-bond donors (Lipinski definition) is 5. The Morgan fingerprint density at radius 3 is 2.12 bits per heavy atom. The van der Waals surface area contributed by atoms with E-state index in [0.717, 1.165) is 11.1 Å². The molecule has 2 rings (SSSR count). The van der Waals surface area contributed by atoms with Crippen LogP contribution in [0.2, 0.25) is 0 Å². The number of aliphatic hydroxyl groups excluding tert-OH is 2. The molecule has 0 heterocycles. The number of amides is 2. The Kier molecular flexibility index (Phi) is 10.8. The second kappa shape index (κ2) is 13.6. The molecule has 0 spiro atoms. The van der Waals surface area contributed by atoms with E-state index < -0.39 is 43.2 Å². The number of nitrogens with one attached hydrogen (secondary N) is 2. The Morgan fingerprint density at radius 1 is 0.909 bits per heavy atom. The van der Waals surface area contributed by atoms with Crippen LogP contribution in [-0.4, -0.2) is 53.4 Å². The van der Waals surface area contributed by atoms with E-state index in [4.69, 9.17) is 10.5 Å². The predicted molar refractivity (Wildman–Crippen MR) is 126 cm³/mol. The van der Waals surface area contributed by atoms with Gasteiger partial charge in [0, 0.05) is 6.42 Å². The van der Waals surface area contributed by atoms with Crippen LogP contribution in [0.3, 0.4) is 0 Å². The van der Waals surface area contributed by atoms with Crippen LogP contribution >= 0.6 is 0 Å². The van der Waals surface area contributed by atoms with Crippen molar-refractivity contribution >= 4 is 11.8 Å². The molecule has 2 amide bonds. The van der Waals surface area contributed by atoms with Crippen LogP contribution in [-0.2, 0) is 22.6 Å². The first-order chi connectivity index (χ1) is 15.8. The molecule has 0 aliphatic rings. The fourth-order valence-corrected chi connectivity index (χ4v) is 3.25. The van der Waals surface area contributed by atoms with Crippen molar-refractivity contribution in [3.05, 3.63) is 65.7 Å². The number of rotatable bonds is 13. The zero-order chi connectivity index (χ0) is 24.2. The van der Waals surface area contributed by atoms with Gasteiger partial charge in [-0.15, -0.1) is 0 Å². The molecule has 33 heavy (non-hydrogen) atoms. The number of benzene rings is 2. The largest absolute Gasteiger partial charge is 0.489 e. The summed E-state index contributed by atoms with van der Waals surface area (Å²) in [6, 6.07) is 14.6. The van der Waals surface area contributed by atoms with Crippen LogP contribution in [0.25, 0.3) is 0 Å². The van der Waals surface area contributed by atoms with E-state index in [0.29, 0.717) is 18.8 Å². The molecule has 2 atom stereocenters. The third kappa shape index (κ3) is 9.21. The first kappa shape index (κ1) is 26.3. The maximum Gasteiger partial charge on any atom is 0.243 e. The van der Waals surface area contributed by atoms with E-state index in [-0.39, 0.29) is 12.3 Å². The molecule has 2 aromatic carbocycles. The summed E-state index contributed by atoms with van der Waals surface area (Å²) in [6.45, 7) is 3.54. The van der Waals surface area contributed by atoms with Crippen molar-refractivity contribution in [3.8, 4) is 5.75 Å². The second-order valence-electron chi connectivity index (χ2n) is 8.49. The molecule has 0 aromatic heterocycles. The van der Waals surface area contributed by atoms with Gasteiger partial charge in [-0.1, -0.05) is 56.3 Å². The minimum atomic E-state index is -0.910. The predicted octanol–water partition coefficient (Wildman–Crippen LogP) is 1.14. The van der Waals surface area contributed by atoms with Gasteiger partial charge in [-0.05, 0) is 35.6 Å². The third-order valence-electron chi connectivity index (χ3n) is 5.09. The summed E-state index contributed by atoms with van der Waals surface area (Å²) >= 11 is 0. The topological polar surface area (TPSA) is 134 Å².